The van der Waals surface area contributed by atoms with E-state index in [1.165, 1.54) is 11.1 Å². The monoisotopic (exact) mass is 536 g/mol. The van der Waals surface area contributed by atoms with E-state index in [0.717, 1.165) is 42.2 Å². The molecule has 0 saturated carbocycles. The van der Waals surface area contributed by atoms with Gasteiger partial charge in [-0.3, -0.25) is 14.4 Å². The van der Waals surface area contributed by atoms with E-state index in [4.69, 9.17) is 33.4 Å². The Kier molecular flexibility index (Phi) is 11.2. The number of Topliss-reactive ketones (excluding diaryl/α,β-unsaturated/α-hetero) is 1. The van der Waals surface area contributed by atoms with E-state index in [1.54, 1.807) is 0 Å². The first kappa shape index (κ1) is 29.6. The lowest BCUT2D eigenvalue weighted by Gasteiger charge is -2.18. The number of rotatable bonds is 8. The summed E-state index contributed by atoms with van der Waals surface area (Å²) in [7, 11) is 0. The maximum atomic E-state index is 12.5. The molecule has 196 valence electrons. The third-order valence-corrected chi connectivity index (χ3v) is 6.16. The van der Waals surface area contributed by atoms with Crippen molar-refractivity contribution in [1.82, 2.24) is 5.32 Å². The van der Waals surface area contributed by atoms with Crippen LogP contribution < -0.4 is 10.6 Å². The summed E-state index contributed by atoms with van der Waals surface area (Å²) in [5.41, 5.74) is 5.21. The third kappa shape index (κ3) is 9.80. The smallest absolute Gasteiger partial charge is 0.303 e. The van der Waals surface area contributed by atoms with Crippen LogP contribution in [0.25, 0.3) is 0 Å². The van der Waals surface area contributed by atoms with Gasteiger partial charge in [0.05, 0.1) is 28.6 Å². The maximum Gasteiger partial charge on any atom is 0.303 e. The number of carbonyl (C=O) groups excluding carboxylic acids is 1. The number of hydrogen-bond donors (Lipinski definition) is 4. The van der Waals surface area contributed by atoms with Gasteiger partial charge in [-0.25, -0.2) is 0 Å². The lowest BCUT2D eigenvalue weighted by molar-refractivity contribution is -0.143. The first-order chi connectivity index (χ1) is 16.9. The highest BCUT2D eigenvalue weighted by atomic mass is 35.5. The van der Waals surface area contributed by atoms with Crippen LogP contribution in [0.15, 0.2) is 30.3 Å². The molecule has 1 heterocycles. The lowest BCUT2D eigenvalue weighted by atomic mass is 9.87. The molecule has 0 amide bonds. The number of anilines is 1. The van der Waals surface area contributed by atoms with E-state index < -0.39 is 11.9 Å². The van der Waals surface area contributed by atoms with Crippen molar-refractivity contribution in [3.8, 4) is 0 Å². The quantitative estimate of drug-likeness (QED) is 0.312. The minimum Gasteiger partial charge on any atom is -0.481 e. The molecular weight excluding hydrogens is 503 g/mol. The van der Waals surface area contributed by atoms with E-state index in [2.05, 4.69) is 37.5 Å². The predicted molar refractivity (Wildman–Crippen MR) is 143 cm³/mol. The molecule has 2 aromatic carbocycles. The molecule has 1 aliphatic rings. The van der Waals surface area contributed by atoms with Gasteiger partial charge in [-0.05, 0) is 66.2 Å². The number of carbonyl (C=O) groups is 3. The van der Waals surface area contributed by atoms with E-state index in [0.29, 0.717) is 23.6 Å². The molecule has 0 unspecified atom stereocenters. The molecule has 0 spiro atoms. The summed E-state index contributed by atoms with van der Waals surface area (Å²) in [6, 6.07) is 9.77. The van der Waals surface area contributed by atoms with Crippen LogP contribution in [0.4, 0.5) is 5.69 Å². The fourth-order valence-corrected chi connectivity index (χ4v) is 4.36. The van der Waals surface area contributed by atoms with Gasteiger partial charge in [0.2, 0.25) is 0 Å². The average Bonchev–Trinajstić information content (AvgIpc) is 3.02. The zero-order valence-electron chi connectivity index (χ0n) is 20.9. The molecule has 1 aliphatic heterocycles. The summed E-state index contributed by atoms with van der Waals surface area (Å²) in [5.74, 6) is -2.07. The molecule has 0 fully saturated rings. The Morgan fingerprint density at radius 2 is 1.58 bits per heavy atom. The fraction of sp³-hybridized carbons (Fsp3) is 0.444. The summed E-state index contributed by atoms with van der Waals surface area (Å²) in [5, 5.41) is 24.0. The van der Waals surface area contributed by atoms with Gasteiger partial charge in [0.15, 0.2) is 5.78 Å². The van der Waals surface area contributed by atoms with Gasteiger partial charge in [-0.15, -0.1) is 0 Å². The zero-order valence-corrected chi connectivity index (χ0v) is 22.4. The van der Waals surface area contributed by atoms with Crippen LogP contribution in [0.5, 0.6) is 0 Å². The van der Waals surface area contributed by atoms with E-state index in [-0.39, 0.29) is 24.0 Å². The molecule has 0 saturated heterocycles. The van der Waals surface area contributed by atoms with Crippen LogP contribution in [-0.4, -0.2) is 41.0 Å². The molecule has 0 radical (unpaired) electrons. The van der Waals surface area contributed by atoms with Crippen molar-refractivity contribution in [1.29, 1.82) is 0 Å². The van der Waals surface area contributed by atoms with E-state index in [9.17, 15) is 14.4 Å². The number of fused-ring (bicyclic) bond motifs is 1. The number of nitrogens with one attached hydrogen (secondary N) is 2. The van der Waals surface area contributed by atoms with Gasteiger partial charge in [-0.1, -0.05) is 56.1 Å². The summed E-state index contributed by atoms with van der Waals surface area (Å²) < 4.78 is 0. The second-order valence-electron chi connectivity index (χ2n) is 9.93. The largest absolute Gasteiger partial charge is 0.481 e. The first-order valence-electron chi connectivity index (χ1n) is 11.9. The Morgan fingerprint density at radius 3 is 2.17 bits per heavy atom. The van der Waals surface area contributed by atoms with Gasteiger partial charge >= 0.3 is 11.9 Å². The van der Waals surface area contributed by atoms with E-state index >= 15 is 0 Å². The first-order valence-corrected chi connectivity index (χ1v) is 12.6. The molecule has 0 atom stereocenters. The Bertz CT molecular complexity index is 1080. The Hall–Kier alpha value is -2.61. The standard InChI is InChI=1S/C23H28Cl2N2O.C4H6O4/c1-23(2,3)13-21(28)18-6-4-15(12-20(18)25)14-27-22-17-9-11-26-10-8-16(17)5-7-19(22)24;5-3(6)1-2-4(7)8/h4-7,12,26-27H,8-11,13-14H2,1-3H3;1-2H2,(H,5,6)(H,7,8). The lowest BCUT2D eigenvalue weighted by Crippen LogP contribution is -2.16. The average molecular weight is 537 g/mol. The van der Waals surface area contributed by atoms with Crippen molar-refractivity contribution >= 4 is 46.6 Å². The molecule has 0 bridgehead atoms. The highest BCUT2D eigenvalue weighted by Gasteiger charge is 2.20. The summed E-state index contributed by atoms with van der Waals surface area (Å²) >= 11 is 12.9. The Labute approximate surface area is 222 Å². The normalized spacial score (nSPS) is 13.0. The van der Waals surface area contributed by atoms with Gasteiger partial charge in [0, 0.05) is 18.5 Å². The van der Waals surface area contributed by atoms with Crippen LogP contribution in [0.3, 0.4) is 0 Å². The molecule has 0 aromatic heterocycles. The fourth-order valence-electron chi connectivity index (χ4n) is 3.81. The molecular formula is C27H34Cl2N2O5. The second-order valence-corrected chi connectivity index (χ2v) is 10.7. The van der Waals surface area contributed by atoms with Gasteiger partial charge in [0.1, 0.15) is 0 Å². The topological polar surface area (TPSA) is 116 Å². The van der Waals surface area contributed by atoms with Gasteiger partial charge in [-0.2, -0.15) is 0 Å². The molecule has 9 heteroatoms. The number of halogens is 2. The van der Waals surface area contributed by atoms with Crippen molar-refractivity contribution in [3.63, 3.8) is 0 Å². The van der Waals surface area contributed by atoms with Crippen molar-refractivity contribution in [2.45, 2.75) is 59.4 Å². The van der Waals surface area contributed by atoms with Gasteiger partial charge in [0.25, 0.3) is 0 Å². The third-order valence-electron chi connectivity index (χ3n) is 5.53. The number of carboxylic acid groups (broad SMARTS) is 2. The molecule has 3 rings (SSSR count). The summed E-state index contributed by atoms with van der Waals surface area (Å²) in [4.78, 5) is 31.8. The Balaban J connectivity index is 0.000000493. The van der Waals surface area contributed by atoms with Crippen LogP contribution >= 0.6 is 23.2 Å². The minimum absolute atomic E-state index is 0.0582. The maximum absolute atomic E-state index is 12.5. The summed E-state index contributed by atoms with van der Waals surface area (Å²) in [6.45, 7) is 8.72. The predicted octanol–water partition coefficient (Wildman–Crippen LogP) is 5.85. The Morgan fingerprint density at radius 1 is 0.944 bits per heavy atom. The second kappa shape index (κ2) is 13.6. The molecule has 7 nitrogen and oxygen atoms in total. The SMILES string of the molecule is CC(C)(C)CC(=O)c1ccc(CNc2c(Cl)ccc3c2CCNCC3)cc1Cl.O=C(O)CCC(=O)O. The number of ketones is 1. The minimum atomic E-state index is -1.08. The van der Waals surface area contributed by atoms with Crippen molar-refractivity contribution in [2.24, 2.45) is 5.41 Å². The van der Waals surface area contributed by atoms with Crippen LogP contribution in [-0.2, 0) is 29.0 Å². The number of hydrogen-bond acceptors (Lipinski definition) is 5. The summed E-state index contributed by atoms with van der Waals surface area (Å²) in [6.07, 6.45) is 1.85. The van der Waals surface area contributed by atoms with Gasteiger partial charge < -0.3 is 20.8 Å². The van der Waals surface area contributed by atoms with Crippen molar-refractivity contribution in [3.05, 3.63) is 62.6 Å². The number of benzene rings is 2. The molecule has 0 aliphatic carbocycles. The van der Waals surface area contributed by atoms with Crippen molar-refractivity contribution < 1.29 is 24.6 Å². The van der Waals surface area contributed by atoms with E-state index in [1.807, 2.05) is 24.3 Å². The zero-order chi connectivity index (χ0) is 26.9. The highest BCUT2D eigenvalue weighted by Crippen LogP contribution is 2.32. The van der Waals surface area contributed by atoms with Crippen LogP contribution in [0.1, 0.15) is 67.1 Å². The van der Waals surface area contributed by atoms with Crippen molar-refractivity contribution in [2.75, 3.05) is 18.4 Å². The van der Waals surface area contributed by atoms with Crippen LogP contribution in [0.2, 0.25) is 10.0 Å². The number of aliphatic carboxylic acids is 2. The highest BCUT2D eigenvalue weighted by molar-refractivity contribution is 6.34. The molecule has 4 N–H and O–H groups in total. The van der Waals surface area contributed by atoms with Crippen LogP contribution in [0, 0.1) is 5.41 Å². The number of carboxylic acids is 2. The molecule has 2 aromatic rings. The molecule has 36 heavy (non-hydrogen) atoms.